The normalized spacial score (nSPS) is 15.1. The van der Waals surface area contributed by atoms with Gasteiger partial charge in [-0.25, -0.2) is 0 Å². The van der Waals surface area contributed by atoms with Crippen LogP contribution in [-0.4, -0.2) is 38.8 Å². The maximum absolute atomic E-state index is 5.48. The van der Waals surface area contributed by atoms with Crippen molar-refractivity contribution in [1.29, 1.82) is 0 Å². The Kier molecular flexibility index (Phi) is 6.18. The molecule has 3 aromatic rings. The largest absolute Gasteiger partial charge is 0.381 e. The van der Waals surface area contributed by atoms with Gasteiger partial charge >= 0.3 is 0 Å². The van der Waals surface area contributed by atoms with Gasteiger partial charge < -0.3 is 15.4 Å². The van der Waals surface area contributed by atoms with E-state index < -0.39 is 0 Å². The maximum Gasteiger partial charge on any atom is 0.229 e. The molecule has 4 rings (SSSR count). The number of hydrogen-bond donors (Lipinski definition) is 2. The SMILES string of the molecule is CCc1ccc(C)cc1CNc1nc(NC2CCOCC2)nc2c(C(C)C)cnn12. The van der Waals surface area contributed by atoms with Crippen LogP contribution >= 0.6 is 0 Å². The lowest BCUT2D eigenvalue weighted by Crippen LogP contribution is -2.29. The number of aryl methyl sites for hydroxylation is 2. The number of ether oxygens (including phenoxy) is 1. The molecule has 2 aromatic heterocycles. The minimum atomic E-state index is 0.336. The molecular formula is C23H32N6O. The summed E-state index contributed by atoms with van der Waals surface area (Å²) in [4.78, 5) is 9.60. The minimum Gasteiger partial charge on any atom is -0.381 e. The van der Waals surface area contributed by atoms with Crippen LogP contribution in [0.2, 0.25) is 0 Å². The summed E-state index contributed by atoms with van der Waals surface area (Å²) >= 11 is 0. The molecule has 2 N–H and O–H groups in total. The third-order valence-electron chi connectivity index (χ3n) is 5.75. The molecule has 1 aliphatic rings. The predicted octanol–water partition coefficient (Wildman–Crippen LogP) is 4.32. The highest BCUT2D eigenvalue weighted by atomic mass is 16.5. The number of anilines is 2. The van der Waals surface area contributed by atoms with Gasteiger partial charge in [-0.3, -0.25) is 0 Å². The molecule has 0 atom stereocenters. The van der Waals surface area contributed by atoms with Crippen LogP contribution in [0.15, 0.2) is 24.4 Å². The molecule has 3 heterocycles. The highest BCUT2D eigenvalue weighted by Crippen LogP contribution is 2.24. The smallest absolute Gasteiger partial charge is 0.229 e. The van der Waals surface area contributed by atoms with Crippen LogP contribution in [0.5, 0.6) is 0 Å². The van der Waals surface area contributed by atoms with E-state index in [-0.39, 0.29) is 0 Å². The van der Waals surface area contributed by atoms with E-state index in [1.165, 1.54) is 16.7 Å². The summed E-state index contributed by atoms with van der Waals surface area (Å²) in [5, 5.41) is 11.6. The molecular weight excluding hydrogens is 376 g/mol. The number of nitrogens with zero attached hydrogens (tertiary/aromatic N) is 4. The number of nitrogens with one attached hydrogen (secondary N) is 2. The van der Waals surface area contributed by atoms with Gasteiger partial charge in [0.2, 0.25) is 11.9 Å². The van der Waals surface area contributed by atoms with Crippen molar-refractivity contribution in [3.05, 3.63) is 46.6 Å². The van der Waals surface area contributed by atoms with Gasteiger partial charge in [-0.2, -0.15) is 19.6 Å². The molecule has 0 spiro atoms. The van der Waals surface area contributed by atoms with Crippen LogP contribution < -0.4 is 10.6 Å². The zero-order chi connectivity index (χ0) is 21.1. The molecule has 1 saturated heterocycles. The average molecular weight is 409 g/mol. The van der Waals surface area contributed by atoms with Gasteiger partial charge in [-0.1, -0.05) is 44.5 Å². The number of aromatic nitrogens is 4. The Balaban J connectivity index is 1.66. The molecule has 1 aromatic carbocycles. The van der Waals surface area contributed by atoms with Gasteiger partial charge in [-0.15, -0.1) is 0 Å². The lowest BCUT2D eigenvalue weighted by molar-refractivity contribution is 0.0903. The first kappa shape index (κ1) is 20.6. The zero-order valence-electron chi connectivity index (χ0n) is 18.4. The fraction of sp³-hybridized carbons (Fsp3) is 0.522. The molecule has 0 radical (unpaired) electrons. The molecule has 0 amide bonds. The summed E-state index contributed by atoms with van der Waals surface area (Å²) in [5.74, 6) is 1.70. The van der Waals surface area contributed by atoms with Gasteiger partial charge in [0.15, 0.2) is 5.65 Å². The highest BCUT2D eigenvalue weighted by Gasteiger charge is 2.19. The van der Waals surface area contributed by atoms with Crippen molar-refractivity contribution in [3.63, 3.8) is 0 Å². The van der Waals surface area contributed by atoms with Gasteiger partial charge in [0.05, 0.1) is 6.20 Å². The minimum absolute atomic E-state index is 0.336. The van der Waals surface area contributed by atoms with Gasteiger partial charge in [0.25, 0.3) is 0 Å². The van der Waals surface area contributed by atoms with Crippen molar-refractivity contribution in [1.82, 2.24) is 19.6 Å². The van der Waals surface area contributed by atoms with Crippen molar-refractivity contribution in [2.24, 2.45) is 0 Å². The van der Waals surface area contributed by atoms with Crippen molar-refractivity contribution in [2.45, 2.75) is 65.5 Å². The lowest BCUT2D eigenvalue weighted by atomic mass is 10.0. The van der Waals surface area contributed by atoms with Crippen LogP contribution in [0.1, 0.15) is 61.8 Å². The zero-order valence-corrected chi connectivity index (χ0v) is 18.4. The Bertz CT molecular complexity index is 1010. The monoisotopic (exact) mass is 408 g/mol. The summed E-state index contributed by atoms with van der Waals surface area (Å²) in [7, 11) is 0. The van der Waals surface area contributed by atoms with Crippen molar-refractivity contribution >= 4 is 17.5 Å². The standard InChI is InChI=1S/C23H32N6O/c1-5-17-7-6-16(4)12-18(17)13-24-23-28-22(26-19-8-10-30-11-9-19)27-21-20(15(2)3)14-25-29(21)23/h6-7,12,14-15,19H,5,8-11,13H2,1-4H3,(H2,24,26,27,28). The first-order valence-electron chi connectivity index (χ1n) is 11.0. The average Bonchev–Trinajstić information content (AvgIpc) is 3.17. The van der Waals surface area contributed by atoms with Gasteiger partial charge in [0, 0.05) is 31.4 Å². The number of fused-ring (bicyclic) bond motifs is 1. The van der Waals surface area contributed by atoms with Gasteiger partial charge in [0.1, 0.15) is 0 Å². The van der Waals surface area contributed by atoms with Crippen LogP contribution in [0.25, 0.3) is 5.65 Å². The van der Waals surface area contributed by atoms with E-state index >= 15 is 0 Å². The molecule has 30 heavy (non-hydrogen) atoms. The van der Waals surface area contributed by atoms with Crippen molar-refractivity contribution in [3.8, 4) is 0 Å². The third kappa shape index (κ3) is 4.41. The second-order valence-corrected chi connectivity index (χ2v) is 8.37. The van der Waals surface area contributed by atoms with Crippen LogP contribution in [0.3, 0.4) is 0 Å². The summed E-state index contributed by atoms with van der Waals surface area (Å²) < 4.78 is 7.31. The van der Waals surface area contributed by atoms with E-state index in [0.29, 0.717) is 30.4 Å². The quantitative estimate of drug-likeness (QED) is 0.606. The number of hydrogen-bond acceptors (Lipinski definition) is 6. The van der Waals surface area contributed by atoms with E-state index in [9.17, 15) is 0 Å². The molecule has 7 heteroatoms. The molecule has 7 nitrogen and oxygen atoms in total. The maximum atomic E-state index is 5.48. The van der Waals surface area contributed by atoms with Crippen LogP contribution in [-0.2, 0) is 17.7 Å². The van der Waals surface area contributed by atoms with Crippen LogP contribution in [0, 0.1) is 6.92 Å². The summed E-state index contributed by atoms with van der Waals surface area (Å²) in [6.45, 7) is 10.9. The molecule has 1 fully saturated rings. The Morgan fingerprint density at radius 1 is 1.17 bits per heavy atom. The Morgan fingerprint density at radius 2 is 1.97 bits per heavy atom. The molecule has 0 saturated carbocycles. The second kappa shape index (κ2) is 9.00. The summed E-state index contributed by atoms with van der Waals surface area (Å²) in [6.07, 6.45) is 4.85. The predicted molar refractivity (Wildman–Crippen MR) is 120 cm³/mol. The number of rotatable bonds is 7. The Hall–Kier alpha value is -2.67. The van der Waals surface area contributed by atoms with E-state index in [1.807, 2.05) is 10.7 Å². The van der Waals surface area contributed by atoms with E-state index in [0.717, 1.165) is 43.7 Å². The van der Waals surface area contributed by atoms with Crippen LogP contribution in [0.4, 0.5) is 11.9 Å². The fourth-order valence-electron chi connectivity index (χ4n) is 3.94. The first-order valence-corrected chi connectivity index (χ1v) is 11.0. The topological polar surface area (TPSA) is 76.4 Å². The molecule has 160 valence electrons. The molecule has 1 aliphatic heterocycles. The fourth-order valence-corrected chi connectivity index (χ4v) is 3.94. The number of benzene rings is 1. The Labute approximate surface area is 178 Å². The molecule has 0 unspecified atom stereocenters. The third-order valence-corrected chi connectivity index (χ3v) is 5.75. The van der Waals surface area contributed by atoms with Gasteiger partial charge in [-0.05, 0) is 43.2 Å². The summed E-state index contributed by atoms with van der Waals surface area (Å²) in [5.41, 5.74) is 5.89. The summed E-state index contributed by atoms with van der Waals surface area (Å²) in [6, 6.07) is 6.96. The lowest BCUT2D eigenvalue weighted by Gasteiger charge is -2.23. The van der Waals surface area contributed by atoms with E-state index in [2.05, 4.69) is 61.6 Å². The van der Waals surface area contributed by atoms with Crippen molar-refractivity contribution in [2.75, 3.05) is 23.8 Å². The molecule has 0 aliphatic carbocycles. The van der Waals surface area contributed by atoms with E-state index in [1.54, 1.807) is 0 Å². The van der Waals surface area contributed by atoms with Crippen molar-refractivity contribution < 1.29 is 4.74 Å². The second-order valence-electron chi connectivity index (χ2n) is 8.37. The first-order chi connectivity index (χ1) is 14.5. The van der Waals surface area contributed by atoms with E-state index in [4.69, 9.17) is 14.7 Å². The Morgan fingerprint density at radius 3 is 2.70 bits per heavy atom. The highest BCUT2D eigenvalue weighted by molar-refractivity contribution is 5.56. The molecule has 0 bridgehead atoms.